The van der Waals surface area contributed by atoms with E-state index in [2.05, 4.69) is 47.1 Å². The monoisotopic (exact) mass is 424 g/mol. The fourth-order valence-corrected chi connectivity index (χ4v) is 4.35. The smallest absolute Gasteiger partial charge is 0.223 e. The summed E-state index contributed by atoms with van der Waals surface area (Å²) in [5, 5.41) is 26.6. The van der Waals surface area contributed by atoms with Crippen LogP contribution in [0.15, 0.2) is 37.1 Å². The van der Waals surface area contributed by atoms with E-state index < -0.39 is 0 Å². The van der Waals surface area contributed by atoms with Crippen molar-refractivity contribution in [1.82, 2.24) is 34.3 Å². The molecule has 4 aromatic rings. The van der Waals surface area contributed by atoms with Gasteiger partial charge in [-0.1, -0.05) is 0 Å². The van der Waals surface area contributed by atoms with Gasteiger partial charge in [-0.25, -0.2) is 19.9 Å². The number of fused-ring (bicyclic) bond motifs is 1. The number of nitriles is 2. The van der Waals surface area contributed by atoms with Gasteiger partial charge in [-0.2, -0.15) is 15.6 Å². The number of hydrogen-bond donors (Lipinski definition) is 1. The van der Waals surface area contributed by atoms with Crippen LogP contribution in [0.5, 0.6) is 0 Å². The Kier molecular flexibility index (Phi) is 4.96. The van der Waals surface area contributed by atoms with Crippen LogP contribution in [-0.4, -0.2) is 40.3 Å². The zero-order chi connectivity index (χ0) is 22.1. The molecule has 1 saturated carbocycles. The van der Waals surface area contributed by atoms with E-state index in [-0.39, 0.29) is 12.1 Å². The van der Waals surface area contributed by atoms with Crippen LogP contribution >= 0.6 is 0 Å². The lowest BCUT2D eigenvalue weighted by molar-refractivity contribution is 0.335. The first-order chi connectivity index (χ1) is 15.7. The van der Waals surface area contributed by atoms with Crippen LogP contribution in [0.1, 0.15) is 43.0 Å². The standard InChI is InChI=1S/C22H20N10/c1-31-19(10-24)17(12-28-31)20-14(9-23)11-26-22(30-20)29-15-4-2-5-16(8-15)32-13-27-18-6-3-7-25-21(18)32/h3,6-7,11-13,15-16H,2,4-5,8H2,1H3,(H,26,29,30)/t15-,16+/m1/s1. The van der Waals surface area contributed by atoms with E-state index in [0.29, 0.717) is 28.5 Å². The molecule has 0 saturated heterocycles. The topological polar surface area (TPSA) is 134 Å². The number of imidazole rings is 1. The normalized spacial score (nSPS) is 18.2. The summed E-state index contributed by atoms with van der Waals surface area (Å²) < 4.78 is 3.63. The van der Waals surface area contributed by atoms with E-state index in [1.807, 2.05) is 18.5 Å². The van der Waals surface area contributed by atoms with Gasteiger partial charge < -0.3 is 9.88 Å². The Morgan fingerprint density at radius 3 is 2.88 bits per heavy atom. The van der Waals surface area contributed by atoms with Gasteiger partial charge in [0.25, 0.3) is 0 Å². The first kappa shape index (κ1) is 19.6. The Bertz CT molecular complexity index is 1370. The number of rotatable bonds is 4. The minimum atomic E-state index is 0.167. The highest BCUT2D eigenvalue weighted by molar-refractivity contribution is 5.71. The molecule has 0 radical (unpaired) electrons. The lowest BCUT2D eigenvalue weighted by Gasteiger charge is -2.30. The Hall–Kier alpha value is -4.31. The zero-order valence-corrected chi connectivity index (χ0v) is 17.5. The van der Waals surface area contributed by atoms with Crippen molar-refractivity contribution in [3.63, 3.8) is 0 Å². The molecule has 0 bridgehead atoms. The van der Waals surface area contributed by atoms with E-state index in [4.69, 9.17) is 0 Å². The second-order valence-corrected chi connectivity index (χ2v) is 7.87. The van der Waals surface area contributed by atoms with Gasteiger partial charge in [0, 0.05) is 25.3 Å². The van der Waals surface area contributed by atoms with Crippen molar-refractivity contribution in [2.75, 3.05) is 5.32 Å². The van der Waals surface area contributed by atoms with Crippen molar-refractivity contribution in [2.24, 2.45) is 7.05 Å². The van der Waals surface area contributed by atoms with Gasteiger partial charge in [0.15, 0.2) is 5.65 Å². The van der Waals surface area contributed by atoms with Crippen LogP contribution in [0.4, 0.5) is 5.95 Å². The number of aromatic nitrogens is 7. The average molecular weight is 424 g/mol. The molecule has 4 heterocycles. The fourth-order valence-electron chi connectivity index (χ4n) is 4.35. The number of aryl methyl sites for hydroxylation is 1. The van der Waals surface area contributed by atoms with Gasteiger partial charge in [-0.15, -0.1) is 0 Å². The lowest BCUT2D eigenvalue weighted by Crippen LogP contribution is -2.29. The molecule has 32 heavy (non-hydrogen) atoms. The molecule has 0 aromatic carbocycles. The molecule has 0 amide bonds. The van der Waals surface area contributed by atoms with Crippen LogP contribution in [0.2, 0.25) is 0 Å². The van der Waals surface area contributed by atoms with E-state index in [0.717, 1.165) is 36.8 Å². The summed E-state index contributed by atoms with van der Waals surface area (Å²) in [5.41, 5.74) is 3.38. The first-order valence-corrected chi connectivity index (χ1v) is 10.4. The highest BCUT2D eigenvalue weighted by Crippen LogP contribution is 2.32. The maximum Gasteiger partial charge on any atom is 0.223 e. The maximum atomic E-state index is 9.51. The van der Waals surface area contributed by atoms with Crippen molar-refractivity contribution >= 4 is 17.1 Å². The molecule has 1 fully saturated rings. The fraction of sp³-hybridized carbons (Fsp3) is 0.318. The first-order valence-electron chi connectivity index (χ1n) is 10.4. The van der Waals surface area contributed by atoms with Gasteiger partial charge in [0.1, 0.15) is 23.3 Å². The van der Waals surface area contributed by atoms with E-state index in [9.17, 15) is 10.5 Å². The van der Waals surface area contributed by atoms with Crippen LogP contribution in [-0.2, 0) is 7.05 Å². The quantitative estimate of drug-likeness (QED) is 0.528. The van der Waals surface area contributed by atoms with Crippen molar-refractivity contribution in [1.29, 1.82) is 10.5 Å². The number of nitrogens with zero attached hydrogens (tertiary/aromatic N) is 9. The molecule has 10 nitrogen and oxygen atoms in total. The summed E-state index contributed by atoms with van der Waals surface area (Å²) in [6, 6.07) is 8.55. The third-order valence-corrected chi connectivity index (χ3v) is 5.91. The minimum Gasteiger partial charge on any atom is -0.351 e. The number of hydrogen-bond acceptors (Lipinski definition) is 8. The summed E-state index contributed by atoms with van der Waals surface area (Å²) in [6.45, 7) is 0. The van der Waals surface area contributed by atoms with Crippen LogP contribution in [0.25, 0.3) is 22.4 Å². The number of nitrogens with one attached hydrogen (secondary N) is 1. The van der Waals surface area contributed by atoms with Gasteiger partial charge in [-0.05, 0) is 37.8 Å². The molecule has 1 N–H and O–H groups in total. The van der Waals surface area contributed by atoms with Crippen molar-refractivity contribution in [2.45, 2.75) is 37.8 Å². The SMILES string of the molecule is Cn1ncc(-c2nc(N[C@@H]3CCC[C@H](n4cnc5cccnc54)C3)ncc2C#N)c1C#N. The lowest BCUT2D eigenvalue weighted by atomic mass is 9.91. The van der Waals surface area contributed by atoms with Gasteiger partial charge in [0.05, 0.1) is 35.5 Å². The highest BCUT2D eigenvalue weighted by atomic mass is 15.3. The Balaban J connectivity index is 1.40. The van der Waals surface area contributed by atoms with Gasteiger partial charge in [-0.3, -0.25) is 4.68 Å². The third-order valence-electron chi connectivity index (χ3n) is 5.91. The van der Waals surface area contributed by atoms with Crippen molar-refractivity contribution < 1.29 is 0 Å². The molecule has 2 atom stereocenters. The predicted octanol–water partition coefficient (Wildman–Crippen LogP) is 2.96. The average Bonchev–Trinajstić information content (AvgIpc) is 3.42. The second kappa shape index (κ2) is 8.08. The molecule has 1 aliphatic carbocycles. The van der Waals surface area contributed by atoms with Crippen molar-refractivity contribution in [3.05, 3.63) is 48.3 Å². The molecule has 4 aromatic heterocycles. The molecular formula is C22H20N10. The molecule has 0 aliphatic heterocycles. The molecule has 0 spiro atoms. The maximum absolute atomic E-state index is 9.51. The molecule has 10 heteroatoms. The number of pyridine rings is 1. The van der Waals surface area contributed by atoms with Gasteiger partial charge >= 0.3 is 0 Å². The highest BCUT2D eigenvalue weighted by Gasteiger charge is 2.26. The molecule has 5 rings (SSSR count). The van der Waals surface area contributed by atoms with Crippen LogP contribution in [0, 0.1) is 22.7 Å². The molecule has 158 valence electrons. The summed E-state index contributed by atoms with van der Waals surface area (Å²) in [4.78, 5) is 17.9. The van der Waals surface area contributed by atoms with E-state index in [1.165, 1.54) is 10.9 Å². The largest absolute Gasteiger partial charge is 0.351 e. The van der Waals surface area contributed by atoms with Crippen molar-refractivity contribution in [3.8, 4) is 23.4 Å². The molecule has 1 aliphatic rings. The van der Waals surface area contributed by atoms with E-state index >= 15 is 0 Å². The number of anilines is 1. The second-order valence-electron chi connectivity index (χ2n) is 7.87. The molecule has 0 unspecified atom stereocenters. The Morgan fingerprint density at radius 2 is 2.03 bits per heavy atom. The summed E-state index contributed by atoms with van der Waals surface area (Å²) in [6.07, 6.45) is 10.7. The Labute approximate surface area is 184 Å². The summed E-state index contributed by atoms with van der Waals surface area (Å²) >= 11 is 0. The van der Waals surface area contributed by atoms with Gasteiger partial charge in [0.2, 0.25) is 5.95 Å². The third kappa shape index (κ3) is 3.42. The molecular weight excluding hydrogens is 404 g/mol. The Morgan fingerprint density at radius 1 is 1.12 bits per heavy atom. The predicted molar refractivity (Wildman–Crippen MR) is 116 cm³/mol. The van der Waals surface area contributed by atoms with Crippen LogP contribution in [0.3, 0.4) is 0 Å². The summed E-state index contributed by atoms with van der Waals surface area (Å²) in [7, 11) is 1.69. The van der Waals surface area contributed by atoms with Crippen LogP contribution < -0.4 is 5.32 Å². The summed E-state index contributed by atoms with van der Waals surface area (Å²) in [5.74, 6) is 0.436. The zero-order valence-electron chi connectivity index (χ0n) is 17.5. The minimum absolute atomic E-state index is 0.167. The van der Waals surface area contributed by atoms with E-state index in [1.54, 1.807) is 19.4 Å².